The first kappa shape index (κ1) is 23.3. The van der Waals surface area contributed by atoms with Crippen molar-refractivity contribution in [3.63, 3.8) is 0 Å². The first-order chi connectivity index (χ1) is 17.1. The first-order valence-corrected chi connectivity index (χ1v) is 11.9. The van der Waals surface area contributed by atoms with E-state index in [9.17, 15) is 23.1 Å². The molecule has 0 saturated heterocycles. The van der Waals surface area contributed by atoms with Crippen LogP contribution in [0.3, 0.4) is 0 Å². The van der Waals surface area contributed by atoms with Crippen LogP contribution < -0.4 is 10.1 Å². The fourth-order valence-electron chi connectivity index (χ4n) is 5.69. The van der Waals surface area contributed by atoms with Gasteiger partial charge in [-0.3, -0.25) is 9.78 Å². The number of rotatable bonds is 4. The van der Waals surface area contributed by atoms with Gasteiger partial charge < -0.3 is 19.7 Å². The summed E-state index contributed by atoms with van der Waals surface area (Å²) in [7, 11) is 0. The van der Waals surface area contributed by atoms with Crippen molar-refractivity contribution < 1.29 is 32.3 Å². The summed E-state index contributed by atoms with van der Waals surface area (Å²) in [6, 6.07) is 8.83. The summed E-state index contributed by atoms with van der Waals surface area (Å²) in [4.78, 5) is 16.5. The standard InChI is InChI=1S/C25H21ClF3N3O4/c26-14-2-3-18-15(5-14)17(33)6-20(35-18)23(34)31-16-10-24(8-13(16)9-24)22-7-19(36-32-22)12-1-4-21(30-11-12)25(27,28)29/h1-5,7,11,13,16-17,20,33H,6,8-10H2,(H,31,34)/t13?,16?,17-,20+,24?/m1/s1. The van der Waals surface area contributed by atoms with E-state index in [0.29, 0.717) is 34.1 Å². The van der Waals surface area contributed by atoms with Crippen LogP contribution in [0.25, 0.3) is 11.3 Å². The average molecular weight is 520 g/mol. The van der Waals surface area contributed by atoms with Crippen molar-refractivity contribution in [1.82, 2.24) is 15.5 Å². The molecule has 11 heteroatoms. The quantitative estimate of drug-likeness (QED) is 0.512. The number of benzene rings is 1. The van der Waals surface area contributed by atoms with Gasteiger partial charge in [-0.15, -0.1) is 0 Å². The number of nitrogens with one attached hydrogen (secondary N) is 1. The molecule has 0 spiro atoms. The molecule has 3 saturated carbocycles. The van der Waals surface area contributed by atoms with Crippen molar-refractivity contribution in [2.24, 2.45) is 5.92 Å². The highest BCUT2D eigenvalue weighted by Crippen LogP contribution is 2.59. The Morgan fingerprint density at radius 2 is 1.97 bits per heavy atom. The van der Waals surface area contributed by atoms with Crippen LogP contribution in [-0.2, 0) is 16.4 Å². The van der Waals surface area contributed by atoms with E-state index < -0.39 is 24.1 Å². The van der Waals surface area contributed by atoms with Gasteiger partial charge in [0.15, 0.2) is 11.9 Å². The molecule has 1 unspecified atom stereocenters. The molecule has 7 nitrogen and oxygen atoms in total. The molecule has 1 aliphatic heterocycles. The summed E-state index contributed by atoms with van der Waals surface area (Å²) in [5, 5.41) is 18.2. The Morgan fingerprint density at radius 3 is 2.69 bits per heavy atom. The molecule has 1 amide bonds. The number of amides is 1. The number of hydrogen-bond acceptors (Lipinski definition) is 6. The number of carbonyl (C=O) groups is 1. The Kier molecular flexibility index (Phi) is 5.31. The second-order valence-corrected chi connectivity index (χ2v) is 10.3. The molecule has 0 radical (unpaired) electrons. The van der Waals surface area contributed by atoms with Gasteiger partial charge in [0.05, 0.1) is 11.8 Å². The minimum absolute atomic E-state index is 0.0715. The Morgan fingerprint density at radius 1 is 1.17 bits per heavy atom. The number of hydrogen-bond donors (Lipinski definition) is 2. The highest BCUT2D eigenvalue weighted by molar-refractivity contribution is 6.30. The maximum absolute atomic E-state index is 13.0. The molecule has 2 bridgehead atoms. The van der Waals surface area contributed by atoms with E-state index in [1.165, 1.54) is 6.07 Å². The summed E-state index contributed by atoms with van der Waals surface area (Å²) in [6.07, 6.45) is -2.59. The van der Waals surface area contributed by atoms with E-state index in [-0.39, 0.29) is 29.7 Å². The lowest BCUT2D eigenvalue weighted by molar-refractivity contribution is -0.141. The highest BCUT2D eigenvalue weighted by atomic mass is 35.5. The smallest absolute Gasteiger partial charge is 0.433 e. The number of aromatic nitrogens is 2. The van der Waals surface area contributed by atoms with Crippen LogP contribution in [0.4, 0.5) is 13.2 Å². The second kappa shape index (κ2) is 8.21. The van der Waals surface area contributed by atoms with Gasteiger partial charge in [0, 0.05) is 46.3 Å². The van der Waals surface area contributed by atoms with Gasteiger partial charge in [-0.2, -0.15) is 13.2 Å². The van der Waals surface area contributed by atoms with Crippen molar-refractivity contribution in [3.8, 4) is 17.1 Å². The highest BCUT2D eigenvalue weighted by Gasteiger charge is 2.59. The molecule has 3 atom stereocenters. The summed E-state index contributed by atoms with van der Waals surface area (Å²) in [5.74, 6) is 0.790. The summed E-state index contributed by atoms with van der Waals surface area (Å²) in [5.41, 5.74) is 0.480. The summed E-state index contributed by atoms with van der Waals surface area (Å²) < 4.78 is 49.6. The van der Waals surface area contributed by atoms with Crippen molar-refractivity contribution in [1.29, 1.82) is 0 Å². The average Bonchev–Trinajstić information content (AvgIpc) is 3.52. The minimum atomic E-state index is -4.51. The molecule has 36 heavy (non-hydrogen) atoms. The predicted molar refractivity (Wildman–Crippen MR) is 121 cm³/mol. The third-order valence-corrected chi connectivity index (χ3v) is 7.77. The lowest BCUT2D eigenvalue weighted by Gasteiger charge is -2.36. The maximum atomic E-state index is 13.0. The van der Waals surface area contributed by atoms with Gasteiger partial charge in [0.25, 0.3) is 5.91 Å². The molecular formula is C25H21ClF3N3O4. The monoisotopic (exact) mass is 519 g/mol. The van der Waals surface area contributed by atoms with Crippen molar-refractivity contribution in [2.75, 3.05) is 0 Å². The third-order valence-electron chi connectivity index (χ3n) is 7.53. The molecule has 7 rings (SSSR count). The number of aliphatic hydroxyl groups excluding tert-OH is 1. The minimum Gasteiger partial charge on any atom is -0.480 e. The fourth-order valence-corrected chi connectivity index (χ4v) is 5.87. The van der Waals surface area contributed by atoms with Gasteiger partial charge >= 0.3 is 6.18 Å². The van der Waals surface area contributed by atoms with Crippen LogP contribution >= 0.6 is 11.6 Å². The van der Waals surface area contributed by atoms with E-state index in [4.69, 9.17) is 20.9 Å². The SMILES string of the molecule is O=C(NC1CC2(c3cc(-c4ccc(C(F)(F)F)nc4)on3)CC1C2)[C@@H]1C[C@@H](O)c2cc(Cl)ccc2O1. The number of carbonyl (C=O) groups excluding carboxylic acids is 1. The van der Waals surface area contributed by atoms with E-state index in [2.05, 4.69) is 15.5 Å². The molecule has 3 aromatic rings. The molecule has 3 heterocycles. The lowest BCUT2D eigenvalue weighted by Crippen LogP contribution is -2.46. The topological polar surface area (TPSA) is 97.5 Å². The zero-order chi connectivity index (χ0) is 25.2. The number of nitrogens with zero attached hydrogens (tertiary/aromatic N) is 2. The summed E-state index contributed by atoms with van der Waals surface area (Å²) in [6.45, 7) is 0. The van der Waals surface area contributed by atoms with Gasteiger partial charge in [0.1, 0.15) is 11.4 Å². The molecule has 2 aromatic heterocycles. The maximum Gasteiger partial charge on any atom is 0.433 e. The van der Waals surface area contributed by atoms with Crippen molar-refractivity contribution in [3.05, 3.63) is 64.6 Å². The van der Waals surface area contributed by atoms with E-state index in [1.807, 2.05) is 0 Å². The van der Waals surface area contributed by atoms with Crippen LogP contribution in [0.1, 0.15) is 48.7 Å². The zero-order valence-electron chi connectivity index (χ0n) is 18.8. The van der Waals surface area contributed by atoms with E-state index >= 15 is 0 Å². The number of halogens is 4. The largest absolute Gasteiger partial charge is 0.480 e. The predicted octanol–water partition coefficient (Wildman–Crippen LogP) is 4.83. The number of alkyl halides is 3. The number of aliphatic hydroxyl groups is 1. The molecular weight excluding hydrogens is 499 g/mol. The first-order valence-electron chi connectivity index (χ1n) is 11.6. The number of pyridine rings is 1. The van der Waals surface area contributed by atoms with Gasteiger partial charge in [0.2, 0.25) is 0 Å². The van der Waals surface area contributed by atoms with Crippen LogP contribution in [0, 0.1) is 5.92 Å². The Bertz CT molecular complexity index is 1320. The molecule has 4 aliphatic rings. The van der Waals surface area contributed by atoms with Crippen molar-refractivity contribution >= 4 is 17.5 Å². The molecule has 1 aromatic carbocycles. The van der Waals surface area contributed by atoms with Gasteiger partial charge in [-0.1, -0.05) is 16.8 Å². The molecule has 188 valence electrons. The van der Waals surface area contributed by atoms with E-state index in [0.717, 1.165) is 30.8 Å². The van der Waals surface area contributed by atoms with Crippen LogP contribution in [0.2, 0.25) is 5.02 Å². The third kappa shape index (κ3) is 3.92. The van der Waals surface area contributed by atoms with Crippen molar-refractivity contribution in [2.45, 2.75) is 55.5 Å². The number of fused-ring (bicyclic) bond motifs is 2. The van der Waals surface area contributed by atoms with Crippen LogP contribution in [0.5, 0.6) is 5.75 Å². The van der Waals surface area contributed by atoms with Crippen LogP contribution in [-0.4, -0.2) is 33.3 Å². The Hall–Kier alpha value is -3.11. The second-order valence-electron chi connectivity index (χ2n) is 9.81. The normalized spacial score (nSPS) is 28.7. The molecule has 3 aliphatic carbocycles. The fraction of sp³-hybridized carbons (Fsp3) is 0.400. The molecule has 3 fully saturated rings. The Labute approximate surface area is 208 Å². The zero-order valence-corrected chi connectivity index (χ0v) is 19.5. The van der Waals surface area contributed by atoms with E-state index in [1.54, 1.807) is 24.3 Å². The van der Waals surface area contributed by atoms with Gasteiger partial charge in [-0.25, -0.2) is 0 Å². The summed E-state index contributed by atoms with van der Waals surface area (Å²) >= 11 is 6.00. The lowest BCUT2D eigenvalue weighted by atomic mass is 9.67. The van der Waals surface area contributed by atoms with Crippen LogP contribution in [0.15, 0.2) is 47.1 Å². The number of ether oxygens (including phenoxy) is 1. The van der Waals surface area contributed by atoms with Gasteiger partial charge in [-0.05, 0) is 55.5 Å². The molecule has 2 N–H and O–H groups in total. The Balaban J connectivity index is 1.11.